The Kier molecular flexibility index (Phi) is 7.13. The molecule has 1 unspecified atom stereocenters. The van der Waals surface area contributed by atoms with Crippen LogP contribution in [0.4, 0.5) is 13.2 Å². The second-order valence-corrected chi connectivity index (χ2v) is 8.85. The molecule has 2 amide bonds. The number of aromatic nitrogens is 4. The summed E-state index contributed by atoms with van der Waals surface area (Å²) >= 11 is 0. The number of carbonyl (C=O) groups is 2. The molecule has 2 N–H and O–H groups in total. The molecule has 1 saturated heterocycles. The number of H-pyrrole nitrogens is 1. The van der Waals surface area contributed by atoms with Gasteiger partial charge in [0.15, 0.2) is 0 Å². The maximum absolute atomic E-state index is 14.8. The molecule has 1 aliphatic rings. The van der Waals surface area contributed by atoms with Gasteiger partial charge in [-0.2, -0.15) is 15.4 Å². The second kappa shape index (κ2) is 10.2. The van der Waals surface area contributed by atoms with E-state index in [-0.39, 0.29) is 30.9 Å². The number of halogens is 3. The van der Waals surface area contributed by atoms with Crippen LogP contribution < -0.4 is 5.32 Å². The fraction of sp³-hybridized carbons (Fsp3) is 0.375. The molecule has 1 aromatic carbocycles. The van der Waals surface area contributed by atoms with Crippen LogP contribution in [-0.2, 0) is 16.0 Å². The predicted molar refractivity (Wildman–Crippen MR) is 120 cm³/mol. The third-order valence-corrected chi connectivity index (χ3v) is 6.00. The second-order valence-electron chi connectivity index (χ2n) is 8.85. The van der Waals surface area contributed by atoms with E-state index in [9.17, 15) is 22.8 Å². The van der Waals surface area contributed by atoms with Crippen LogP contribution in [-0.4, -0.2) is 55.9 Å². The van der Waals surface area contributed by atoms with Gasteiger partial charge < -0.3 is 10.2 Å². The molecule has 3 heterocycles. The number of likely N-dealkylation sites (tertiary alicyclic amines) is 1. The van der Waals surface area contributed by atoms with Gasteiger partial charge in [-0.15, -0.1) is 0 Å². The lowest BCUT2D eigenvalue weighted by Gasteiger charge is -2.27. The fourth-order valence-electron chi connectivity index (χ4n) is 4.25. The monoisotopic (exact) mass is 486 g/mol. The Hall–Kier alpha value is -3.76. The van der Waals surface area contributed by atoms with Gasteiger partial charge in [0.2, 0.25) is 11.8 Å². The van der Waals surface area contributed by atoms with Gasteiger partial charge in [-0.3, -0.25) is 14.6 Å². The fourth-order valence-corrected chi connectivity index (χ4v) is 4.25. The van der Waals surface area contributed by atoms with Crippen LogP contribution in [0.2, 0.25) is 0 Å². The van der Waals surface area contributed by atoms with E-state index in [0.29, 0.717) is 16.8 Å². The minimum atomic E-state index is -1.39. The lowest BCUT2D eigenvalue weighted by atomic mass is 9.95. The van der Waals surface area contributed by atoms with Crippen molar-refractivity contribution < 1.29 is 22.8 Å². The van der Waals surface area contributed by atoms with E-state index >= 15 is 0 Å². The number of benzene rings is 1. The van der Waals surface area contributed by atoms with Crippen LogP contribution in [0, 0.1) is 11.6 Å². The Bertz CT molecular complexity index is 1200. The van der Waals surface area contributed by atoms with Gasteiger partial charge in [0, 0.05) is 18.2 Å². The summed E-state index contributed by atoms with van der Waals surface area (Å²) < 4.78 is 43.1. The molecule has 0 bridgehead atoms. The Morgan fingerprint density at radius 2 is 1.97 bits per heavy atom. The topological polar surface area (TPSA) is 104 Å². The van der Waals surface area contributed by atoms with Crippen molar-refractivity contribution in [2.75, 3.05) is 6.54 Å². The summed E-state index contributed by atoms with van der Waals surface area (Å²) in [5, 5.41) is 12.6. The van der Waals surface area contributed by atoms with E-state index in [2.05, 4.69) is 25.7 Å². The first-order valence-corrected chi connectivity index (χ1v) is 11.2. The van der Waals surface area contributed by atoms with Crippen molar-refractivity contribution >= 4 is 11.8 Å². The molecular formula is C24H25F3N6O2. The largest absolute Gasteiger partial charge is 0.343 e. The summed E-state index contributed by atoms with van der Waals surface area (Å²) in [5.74, 6) is -2.26. The first kappa shape index (κ1) is 24.4. The molecule has 4 rings (SSSR count). The van der Waals surface area contributed by atoms with Crippen LogP contribution in [0.3, 0.4) is 0 Å². The number of alkyl halides is 1. The highest BCUT2D eigenvalue weighted by Crippen LogP contribution is 2.28. The van der Waals surface area contributed by atoms with E-state index in [4.69, 9.17) is 0 Å². The van der Waals surface area contributed by atoms with Crippen molar-refractivity contribution in [2.45, 2.75) is 50.9 Å². The molecule has 1 aliphatic heterocycles. The number of aromatic amines is 1. The molecule has 3 aromatic rings. The van der Waals surface area contributed by atoms with Crippen molar-refractivity contribution in [3.63, 3.8) is 0 Å². The van der Waals surface area contributed by atoms with Crippen molar-refractivity contribution in [1.82, 2.24) is 30.6 Å². The van der Waals surface area contributed by atoms with Crippen LogP contribution in [0.1, 0.15) is 54.6 Å². The summed E-state index contributed by atoms with van der Waals surface area (Å²) in [6.07, 6.45) is 2.03. The number of amides is 2. The van der Waals surface area contributed by atoms with Crippen molar-refractivity contribution in [1.29, 1.82) is 0 Å². The van der Waals surface area contributed by atoms with Gasteiger partial charge in [0.1, 0.15) is 23.8 Å². The van der Waals surface area contributed by atoms with Crippen molar-refractivity contribution in [3.8, 4) is 0 Å². The van der Waals surface area contributed by atoms with E-state index in [1.54, 1.807) is 12.1 Å². The van der Waals surface area contributed by atoms with Gasteiger partial charge in [0.05, 0.1) is 37.1 Å². The first-order valence-electron chi connectivity index (χ1n) is 11.2. The summed E-state index contributed by atoms with van der Waals surface area (Å²) in [6, 6.07) is 3.68. The quantitative estimate of drug-likeness (QED) is 0.535. The Labute approximate surface area is 199 Å². The zero-order valence-electron chi connectivity index (χ0n) is 19.2. The van der Waals surface area contributed by atoms with Gasteiger partial charge in [0.25, 0.3) is 0 Å². The summed E-state index contributed by atoms with van der Waals surface area (Å²) in [7, 11) is 0. The van der Waals surface area contributed by atoms with Crippen molar-refractivity contribution in [2.24, 2.45) is 0 Å². The molecule has 11 heteroatoms. The molecule has 3 atom stereocenters. The molecule has 2 aromatic heterocycles. The third kappa shape index (κ3) is 5.50. The lowest BCUT2D eigenvalue weighted by molar-refractivity contribution is -0.138. The molecule has 0 radical (unpaired) electrons. The van der Waals surface area contributed by atoms with Crippen LogP contribution in [0.25, 0.3) is 0 Å². The van der Waals surface area contributed by atoms with Crippen LogP contribution in [0.5, 0.6) is 0 Å². The Morgan fingerprint density at radius 1 is 1.17 bits per heavy atom. The maximum Gasteiger partial charge on any atom is 0.243 e. The lowest BCUT2D eigenvalue weighted by Crippen LogP contribution is -2.47. The molecule has 0 saturated carbocycles. The minimum Gasteiger partial charge on any atom is -0.343 e. The summed E-state index contributed by atoms with van der Waals surface area (Å²) in [4.78, 5) is 31.1. The number of nitrogens with zero attached hydrogens (tertiary/aromatic N) is 4. The van der Waals surface area contributed by atoms with E-state index < -0.39 is 41.7 Å². The van der Waals surface area contributed by atoms with Gasteiger partial charge >= 0.3 is 0 Å². The highest BCUT2D eigenvalue weighted by molar-refractivity contribution is 5.89. The predicted octanol–water partition coefficient (Wildman–Crippen LogP) is 2.99. The molecule has 8 nitrogen and oxygen atoms in total. The number of nitrogens with one attached hydrogen (secondary N) is 2. The zero-order valence-corrected chi connectivity index (χ0v) is 19.2. The normalized spacial score (nSPS) is 18.6. The first-order chi connectivity index (χ1) is 16.7. The van der Waals surface area contributed by atoms with E-state index in [1.807, 2.05) is 13.8 Å². The van der Waals surface area contributed by atoms with Gasteiger partial charge in [-0.05, 0) is 29.2 Å². The van der Waals surface area contributed by atoms with Crippen LogP contribution in [0.15, 0.2) is 42.9 Å². The molecule has 1 fully saturated rings. The van der Waals surface area contributed by atoms with Gasteiger partial charge in [-0.1, -0.05) is 26.0 Å². The smallest absolute Gasteiger partial charge is 0.243 e. The summed E-state index contributed by atoms with van der Waals surface area (Å²) in [6.45, 7) is 3.47. The zero-order chi connectivity index (χ0) is 25.1. The highest BCUT2D eigenvalue weighted by Gasteiger charge is 2.40. The Morgan fingerprint density at radius 3 is 2.63 bits per heavy atom. The third-order valence-electron chi connectivity index (χ3n) is 6.00. The number of rotatable bonds is 7. The molecular weight excluding hydrogens is 461 g/mol. The molecule has 0 aliphatic carbocycles. The average Bonchev–Trinajstić information content (AvgIpc) is 3.46. The van der Waals surface area contributed by atoms with E-state index in [0.717, 1.165) is 11.1 Å². The standard InChI is InChI=1S/C24H25F3N6O2/c1-13(2)19-4-3-14(6-20(19)27)23(15-5-16(25)10-28-9-15)30-24(35)21-7-17(26)12-33(21)22(34)8-18-11-29-32-31-18/h3-6,9-11,13,17,21,23H,7-8,12H2,1-2H3,(H,30,35)(H,29,31,32)/t17-,21+,23?/m1/s1. The van der Waals surface area contributed by atoms with E-state index in [1.165, 1.54) is 24.5 Å². The SMILES string of the molecule is CC(C)c1ccc(C(NC(=O)[C@@H]2C[C@@H](F)CN2C(=O)Cc2cn[nH]n2)c2cncc(F)c2)cc1F. The summed E-state index contributed by atoms with van der Waals surface area (Å²) in [5.41, 5.74) is 1.51. The highest BCUT2D eigenvalue weighted by atomic mass is 19.1. The minimum absolute atomic E-state index is 0.0582. The van der Waals surface area contributed by atoms with Crippen molar-refractivity contribution in [3.05, 3.63) is 76.9 Å². The van der Waals surface area contributed by atoms with Gasteiger partial charge in [-0.25, -0.2) is 13.2 Å². The molecule has 184 valence electrons. The average molecular weight is 486 g/mol. The maximum atomic E-state index is 14.8. The Balaban J connectivity index is 1.61. The van der Waals surface area contributed by atoms with Crippen LogP contribution >= 0.6 is 0 Å². The molecule has 35 heavy (non-hydrogen) atoms. The number of hydrogen-bond donors (Lipinski definition) is 2. The number of carbonyl (C=O) groups excluding carboxylic acids is 2. The number of pyridine rings is 1. The number of hydrogen-bond acceptors (Lipinski definition) is 5. The molecule has 0 spiro atoms.